The Labute approximate surface area is 188 Å². The van der Waals surface area contributed by atoms with Gasteiger partial charge in [0, 0.05) is 32.7 Å². The molecule has 0 bridgehead atoms. The number of hydroxylamine groups is 1. The third-order valence-electron chi connectivity index (χ3n) is 6.91. The number of carbonyl (C=O) groups is 3. The van der Waals surface area contributed by atoms with Gasteiger partial charge < -0.3 is 19.9 Å². The molecule has 0 saturated carbocycles. The van der Waals surface area contributed by atoms with E-state index in [0.717, 1.165) is 25.7 Å². The first-order valence-electron chi connectivity index (χ1n) is 11.5. The van der Waals surface area contributed by atoms with E-state index >= 15 is 0 Å². The highest BCUT2D eigenvalue weighted by Crippen LogP contribution is 2.29. The molecule has 1 aromatic rings. The number of nitrogens with one attached hydrogen (secondary N) is 2. The van der Waals surface area contributed by atoms with Gasteiger partial charge in [-0.2, -0.15) is 0 Å². The molecule has 9 heteroatoms. The van der Waals surface area contributed by atoms with Crippen molar-refractivity contribution in [3.8, 4) is 0 Å². The highest BCUT2D eigenvalue weighted by molar-refractivity contribution is 5.90. The number of rotatable bonds is 4. The Morgan fingerprint density at radius 3 is 2.34 bits per heavy atom. The molecule has 3 N–H and O–H groups in total. The fraction of sp³-hybridized carbons (Fsp3) is 0.609. The molecule has 9 nitrogen and oxygen atoms in total. The molecule has 32 heavy (non-hydrogen) atoms. The van der Waals surface area contributed by atoms with Gasteiger partial charge in [0.05, 0.1) is 12.0 Å². The molecule has 3 atom stereocenters. The molecule has 0 spiro atoms. The van der Waals surface area contributed by atoms with Gasteiger partial charge in [-0.05, 0) is 43.6 Å². The molecule has 0 aliphatic carbocycles. The van der Waals surface area contributed by atoms with Gasteiger partial charge in [-0.1, -0.05) is 30.3 Å². The van der Waals surface area contributed by atoms with E-state index in [9.17, 15) is 19.6 Å². The minimum Gasteiger partial charge on any atom is -0.445 e. The fourth-order valence-electron chi connectivity index (χ4n) is 5.07. The fourth-order valence-corrected chi connectivity index (χ4v) is 5.07. The predicted octanol–water partition coefficient (Wildman–Crippen LogP) is 1.48. The number of likely N-dealkylation sites (tertiary alicyclic amines) is 2. The third kappa shape index (κ3) is 5.05. The van der Waals surface area contributed by atoms with E-state index in [0.29, 0.717) is 38.6 Å². The Bertz CT molecular complexity index is 806. The molecule has 0 aromatic heterocycles. The Hall–Kier alpha value is -2.65. The van der Waals surface area contributed by atoms with Gasteiger partial charge in [0.25, 0.3) is 0 Å². The number of carbonyl (C=O) groups excluding carboxylic acids is 3. The number of benzene rings is 1. The molecule has 3 heterocycles. The summed E-state index contributed by atoms with van der Waals surface area (Å²) < 4.78 is 5.57. The van der Waals surface area contributed by atoms with Crippen LogP contribution in [-0.2, 0) is 14.3 Å². The minimum atomic E-state index is -0.815. The lowest BCUT2D eigenvalue weighted by Crippen LogP contribution is -2.60. The Morgan fingerprint density at radius 1 is 1.00 bits per heavy atom. The molecule has 3 aliphatic rings. The van der Waals surface area contributed by atoms with Crippen molar-refractivity contribution in [2.75, 3.05) is 32.7 Å². The Kier molecular flexibility index (Phi) is 7.26. The van der Waals surface area contributed by atoms with Crippen molar-refractivity contribution in [2.45, 2.75) is 50.2 Å². The summed E-state index contributed by atoms with van der Waals surface area (Å²) in [6, 6.07) is 9.55. The van der Waals surface area contributed by atoms with Crippen molar-refractivity contribution in [1.29, 1.82) is 0 Å². The zero-order chi connectivity index (χ0) is 22.5. The maximum Gasteiger partial charge on any atom is 0.410 e. The summed E-state index contributed by atoms with van der Waals surface area (Å²) in [4.78, 5) is 41.4. The van der Waals surface area contributed by atoms with Crippen LogP contribution in [0.2, 0.25) is 0 Å². The van der Waals surface area contributed by atoms with Crippen LogP contribution in [0.1, 0.15) is 43.6 Å². The molecule has 1 aromatic carbocycles. The quantitative estimate of drug-likeness (QED) is 0.479. The van der Waals surface area contributed by atoms with Gasteiger partial charge in [-0.25, -0.2) is 10.3 Å². The first kappa shape index (κ1) is 22.5. The first-order chi connectivity index (χ1) is 15.6. The number of hydrogen-bond acceptors (Lipinski definition) is 6. The van der Waals surface area contributed by atoms with Crippen LogP contribution >= 0.6 is 0 Å². The third-order valence-corrected chi connectivity index (χ3v) is 6.91. The van der Waals surface area contributed by atoms with Crippen molar-refractivity contribution in [3.63, 3.8) is 0 Å². The van der Waals surface area contributed by atoms with Crippen LogP contribution in [0.15, 0.2) is 30.3 Å². The summed E-state index contributed by atoms with van der Waals surface area (Å²) in [5, 5.41) is 12.3. The van der Waals surface area contributed by atoms with Gasteiger partial charge in [0.2, 0.25) is 11.8 Å². The smallest absolute Gasteiger partial charge is 0.410 e. The molecule has 0 radical (unpaired) electrons. The summed E-state index contributed by atoms with van der Waals surface area (Å²) in [7, 11) is 0. The number of amides is 3. The molecule has 1 unspecified atom stereocenters. The summed E-state index contributed by atoms with van der Waals surface area (Å²) in [6.45, 7) is 2.90. The standard InChI is InChI=1S/C23H32N4O5/c28-21(25-31)19-14-18(32-23(30)27-10-4-5-11-27)15-24-20(19)22(29)26-12-8-17(9-13-26)16-6-2-1-3-7-16/h1-3,6-7,17-20,24,31H,4-5,8-15H2,(H,25,28)/t18?,19-,20-/m0/s1. The highest BCUT2D eigenvalue weighted by atomic mass is 16.6. The summed E-state index contributed by atoms with van der Waals surface area (Å²) in [5.74, 6) is -1.18. The van der Waals surface area contributed by atoms with Crippen molar-refractivity contribution in [3.05, 3.63) is 35.9 Å². The van der Waals surface area contributed by atoms with E-state index in [4.69, 9.17) is 4.74 Å². The molecule has 3 fully saturated rings. The molecule has 4 rings (SSSR count). The number of piperidine rings is 2. The molecule has 3 saturated heterocycles. The second-order valence-corrected chi connectivity index (χ2v) is 8.91. The Morgan fingerprint density at radius 2 is 1.69 bits per heavy atom. The lowest BCUT2D eigenvalue weighted by molar-refractivity contribution is -0.146. The summed E-state index contributed by atoms with van der Waals surface area (Å²) in [5.41, 5.74) is 2.97. The lowest BCUT2D eigenvalue weighted by Gasteiger charge is -2.39. The molecule has 174 valence electrons. The predicted molar refractivity (Wildman–Crippen MR) is 116 cm³/mol. The average Bonchev–Trinajstić information content (AvgIpc) is 3.39. The van der Waals surface area contributed by atoms with E-state index in [1.165, 1.54) is 5.56 Å². The van der Waals surface area contributed by atoms with Crippen molar-refractivity contribution in [1.82, 2.24) is 20.6 Å². The number of hydrogen-bond donors (Lipinski definition) is 3. The van der Waals surface area contributed by atoms with E-state index in [2.05, 4.69) is 17.4 Å². The molecular formula is C23H32N4O5. The SMILES string of the molecule is O=C(NO)[C@H]1CC(OC(=O)N2CCCC2)CN[C@@H]1C(=O)N1CCC(c2ccccc2)CC1. The van der Waals surface area contributed by atoms with Crippen molar-refractivity contribution in [2.24, 2.45) is 5.92 Å². The average molecular weight is 445 g/mol. The topological polar surface area (TPSA) is 111 Å². The Balaban J connectivity index is 1.35. The van der Waals surface area contributed by atoms with E-state index in [1.807, 2.05) is 18.2 Å². The maximum atomic E-state index is 13.3. The number of nitrogens with zero attached hydrogens (tertiary/aromatic N) is 2. The van der Waals surface area contributed by atoms with Crippen molar-refractivity contribution < 1.29 is 24.3 Å². The number of ether oxygens (including phenoxy) is 1. The first-order valence-corrected chi connectivity index (χ1v) is 11.5. The van der Waals surface area contributed by atoms with Gasteiger partial charge in [-0.15, -0.1) is 0 Å². The molecular weight excluding hydrogens is 412 g/mol. The van der Waals surface area contributed by atoms with Crippen LogP contribution in [0.4, 0.5) is 4.79 Å². The zero-order valence-electron chi connectivity index (χ0n) is 18.2. The van der Waals surface area contributed by atoms with E-state index < -0.39 is 24.0 Å². The van der Waals surface area contributed by atoms with Gasteiger partial charge in [-0.3, -0.25) is 14.8 Å². The highest BCUT2D eigenvalue weighted by Gasteiger charge is 2.43. The van der Waals surface area contributed by atoms with E-state index in [1.54, 1.807) is 15.3 Å². The van der Waals surface area contributed by atoms with Crippen molar-refractivity contribution >= 4 is 17.9 Å². The maximum absolute atomic E-state index is 13.3. The minimum absolute atomic E-state index is 0.144. The van der Waals surface area contributed by atoms with Crippen LogP contribution in [0, 0.1) is 5.92 Å². The molecule has 3 aliphatic heterocycles. The van der Waals surface area contributed by atoms with Crippen LogP contribution in [0.5, 0.6) is 0 Å². The summed E-state index contributed by atoms with van der Waals surface area (Å²) >= 11 is 0. The second kappa shape index (κ2) is 10.3. The second-order valence-electron chi connectivity index (χ2n) is 8.91. The summed E-state index contributed by atoms with van der Waals surface area (Å²) in [6.07, 6.45) is 2.94. The lowest BCUT2D eigenvalue weighted by atomic mass is 9.86. The van der Waals surface area contributed by atoms with Crippen LogP contribution in [0.25, 0.3) is 0 Å². The van der Waals surface area contributed by atoms with Crippen LogP contribution in [0.3, 0.4) is 0 Å². The largest absolute Gasteiger partial charge is 0.445 e. The van der Waals surface area contributed by atoms with Gasteiger partial charge in [0.15, 0.2) is 0 Å². The van der Waals surface area contributed by atoms with Crippen LogP contribution in [-0.4, -0.2) is 77.8 Å². The zero-order valence-corrected chi connectivity index (χ0v) is 18.2. The monoisotopic (exact) mass is 444 g/mol. The van der Waals surface area contributed by atoms with Crippen LogP contribution < -0.4 is 10.8 Å². The molecule has 3 amide bonds. The normalized spacial score (nSPS) is 26.6. The van der Waals surface area contributed by atoms with Gasteiger partial charge in [0.1, 0.15) is 6.10 Å². The van der Waals surface area contributed by atoms with E-state index in [-0.39, 0.29) is 18.4 Å². The van der Waals surface area contributed by atoms with Gasteiger partial charge >= 0.3 is 6.09 Å².